The highest BCUT2D eigenvalue weighted by Crippen LogP contribution is 2.42. The van der Waals surface area contributed by atoms with Crippen molar-refractivity contribution in [3.63, 3.8) is 0 Å². The van der Waals surface area contributed by atoms with Gasteiger partial charge in [0.15, 0.2) is 0 Å². The molecule has 0 N–H and O–H groups in total. The normalized spacial score (nSPS) is 22.3. The lowest BCUT2D eigenvalue weighted by Crippen LogP contribution is -2.45. The van der Waals surface area contributed by atoms with E-state index < -0.39 is 5.60 Å². The van der Waals surface area contributed by atoms with E-state index in [0.29, 0.717) is 0 Å². The van der Waals surface area contributed by atoms with Crippen LogP contribution in [-0.2, 0) is 14.3 Å². The van der Waals surface area contributed by atoms with Crippen molar-refractivity contribution in [2.24, 2.45) is 5.41 Å². The zero-order valence-electron chi connectivity index (χ0n) is 14.6. The van der Waals surface area contributed by atoms with Gasteiger partial charge in [-0.2, -0.15) is 0 Å². The molecule has 0 unspecified atom stereocenters. The van der Waals surface area contributed by atoms with Crippen LogP contribution in [0.15, 0.2) is 23.8 Å². The molecule has 2 aliphatic rings. The van der Waals surface area contributed by atoms with Crippen LogP contribution in [0.4, 0.5) is 4.79 Å². The largest absolute Gasteiger partial charge is 0.466 e. The molecular weight excluding hydrogens is 294 g/mol. The smallest absolute Gasteiger partial charge is 0.410 e. The van der Waals surface area contributed by atoms with Crippen molar-refractivity contribution in [3.05, 3.63) is 23.8 Å². The molecule has 0 atom stereocenters. The molecule has 2 rings (SSSR count). The van der Waals surface area contributed by atoms with E-state index in [0.717, 1.165) is 44.3 Å². The number of amides is 1. The molecule has 0 aromatic carbocycles. The maximum atomic E-state index is 12.1. The Kier molecular flexibility index (Phi) is 5.17. The summed E-state index contributed by atoms with van der Waals surface area (Å²) in [6.45, 7) is 7.09. The second-order valence-corrected chi connectivity index (χ2v) is 7.41. The van der Waals surface area contributed by atoms with Crippen LogP contribution in [0.1, 0.15) is 46.5 Å². The fourth-order valence-electron chi connectivity index (χ4n) is 3.05. The van der Waals surface area contributed by atoms with E-state index in [2.05, 4.69) is 10.8 Å². The van der Waals surface area contributed by atoms with Gasteiger partial charge in [0, 0.05) is 19.2 Å². The number of nitrogens with zero attached hydrogens (tertiary/aromatic N) is 1. The Hall–Kier alpha value is -1.78. The Morgan fingerprint density at radius 1 is 1.22 bits per heavy atom. The van der Waals surface area contributed by atoms with Crippen molar-refractivity contribution in [2.75, 3.05) is 20.2 Å². The maximum absolute atomic E-state index is 12.1. The lowest BCUT2D eigenvalue weighted by Gasteiger charge is -2.42. The zero-order valence-corrected chi connectivity index (χ0v) is 14.6. The molecule has 23 heavy (non-hydrogen) atoms. The molecule has 0 radical (unpaired) electrons. The van der Waals surface area contributed by atoms with E-state index in [1.807, 2.05) is 26.8 Å². The minimum absolute atomic E-state index is 0.145. The quantitative estimate of drug-likeness (QED) is 0.548. The van der Waals surface area contributed by atoms with E-state index in [-0.39, 0.29) is 17.5 Å². The fraction of sp³-hybridized carbons (Fsp3) is 0.667. The highest BCUT2D eigenvalue weighted by atomic mass is 16.6. The molecule has 0 aromatic rings. The van der Waals surface area contributed by atoms with Gasteiger partial charge in [0.2, 0.25) is 0 Å². The number of esters is 1. The van der Waals surface area contributed by atoms with E-state index in [1.54, 1.807) is 11.0 Å². The van der Waals surface area contributed by atoms with Gasteiger partial charge in [-0.1, -0.05) is 12.2 Å². The van der Waals surface area contributed by atoms with Crippen LogP contribution in [-0.4, -0.2) is 42.8 Å². The number of hydrogen-bond acceptors (Lipinski definition) is 4. The molecule has 0 aromatic heterocycles. The molecule has 1 amide bonds. The Bertz CT molecular complexity index is 520. The van der Waals surface area contributed by atoms with Crippen molar-refractivity contribution in [2.45, 2.75) is 52.1 Å². The highest BCUT2D eigenvalue weighted by molar-refractivity contribution is 5.83. The molecule has 0 bridgehead atoms. The van der Waals surface area contributed by atoms with E-state index in [9.17, 15) is 9.59 Å². The number of likely N-dealkylation sites (tertiary alicyclic amines) is 1. The summed E-state index contributed by atoms with van der Waals surface area (Å²) >= 11 is 0. The summed E-state index contributed by atoms with van der Waals surface area (Å²) in [7, 11) is 1.39. The van der Waals surface area contributed by atoms with Crippen molar-refractivity contribution < 1.29 is 19.1 Å². The molecule has 1 aliphatic heterocycles. The molecule has 1 saturated heterocycles. The fourth-order valence-corrected chi connectivity index (χ4v) is 3.05. The highest BCUT2D eigenvalue weighted by Gasteiger charge is 2.36. The third kappa shape index (κ3) is 4.85. The second-order valence-electron chi connectivity index (χ2n) is 7.41. The summed E-state index contributed by atoms with van der Waals surface area (Å²) < 4.78 is 10.1. The zero-order chi connectivity index (χ0) is 17.1. The summed E-state index contributed by atoms with van der Waals surface area (Å²) in [5.41, 5.74) is 0.702. The lowest BCUT2D eigenvalue weighted by molar-refractivity contribution is -0.134. The van der Waals surface area contributed by atoms with Crippen molar-refractivity contribution in [1.29, 1.82) is 0 Å². The number of rotatable bonds is 1. The third-order valence-electron chi connectivity index (χ3n) is 4.48. The van der Waals surface area contributed by atoms with Gasteiger partial charge >= 0.3 is 12.1 Å². The predicted molar refractivity (Wildman–Crippen MR) is 87.9 cm³/mol. The van der Waals surface area contributed by atoms with Crippen molar-refractivity contribution in [3.8, 4) is 0 Å². The van der Waals surface area contributed by atoms with Gasteiger partial charge in [-0.15, -0.1) is 0 Å². The summed E-state index contributed by atoms with van der Waals surface area (Å²) in [6, 6.07) is 0. The average Bonchev–Trinajstić information content (AvgIpc) is 2.48. The van der Waals surface area contributed by atoms with Crippen LogP contribution >= 0.6 is 0 Å². The first kappa shape index (κ1) is 17.6. The van der Waals surface area contributed by atoms with Crippen LogP contribution in [0.5, 0.6) is 0 Å². The van der Waals surface area contributed by atoms with Gasteiger partial charge < -0.3 is 14.4 Å². The molecule has 5 heteroatoms. The molecule has 1 aliphatic carbocycles. The van der Waals surface area contributed by atoms with Gasteiger partial charge in [-0.25, -0.2) is 9.59 Å². The molecule has 1 heterocycles. The standard InChI is InChI=1S/C18H27NO4/c1-17(2,3)23-16(21)19-11-9-18(10-12-19)7-5-14(6-8-18)13-15(20)22-4/h5,7,13H,6,8-12H2,1-4H3/b14-13-. The number of hydrogen-bond donors (Lipinski definition) is 0. The van der Waals surface area contributed by atoms with Crippen molar-refractivity contribution in [1.82, 2.24) is 4.90 Å². The number of allylic oxidation sites excluding steroid dienone is 3. The minimum Gasteiger partial charge on any atom is -0.466 e. The topological polar surface area (TPSA) is 55.8 Å². The Balaban J connectivity index is 1.92. The van der Waals surface area contributed by atoms with Gasteiger partial charge in [-0.05, 0) is 57.4 Å². The monoisotopic (exact) mass is 321 g/mol. The first-order valence-electron chi connectivity index (χ1n) is 8.19. The van der Waals surface area contributed by atoms with Gasteiger partial charge in [-0.3, -0.25) is 0 Å². The number of methoxy groups -OCH3 is 1. The first-order chi connectivity index (χ1) is 10.7. The summed E-state index contributed by atoms with van der Waals surface area (Å²) in [6.07, 6.45) is 9.33. The summed E-state index contributed by atoms with van der Waals surface area (Å²) in [4.78, 5) is 25.2. The third-order valence-corrected chi connectivity index (χ3v) is 4.48. The van der Waals surface area contributed by atoms with Gasteiger partial charge in [0.25, 0.3) is 0 Å². The Morgan fingerprint density at radius 3 is 2.35 bits per heavy atom. The Labute approximate surface area is 138 Å². The summed E-state index contributed by atoms with van der Waals surface area (Å²) in [5.74, 6) is -0.305. The van der Waals surface area contributed by atoms with Crippen LogP contribution in [0.2, 0.25) is 0 Å². The number of carbonyl (C=O) groups excluding carboxylic acids is 2. The minimum atomic E-state index is -0.454. The number of ether oxygens (including phenoxy) is 2. The second kappa shape index (κ2) is 6.77. The van der Waals surface area contributed by atoms with Crippen LogP contribution in [0, 0.1) is 5.41 Å². The van der Waals surface area contributed by atoms with Crippen LogP contribution in [0.25, 0.3) is 0 Å². The van der Waals surface area contributed by atoms with Crippen LogP contribution < -0.4 is 0 Å². The molecular formula is C18H27NO4. The number of piperidine rings is 1. The van der Waals surface area contributed by atoms with Crippen molar-refractivity contribution >= 4 is 12.1 Å². The first-order valence-corrected chi connectivity index (χ1v) is 8.19. The number of carbonyl (C=O) groups is 2. The predicted octanol–water partition coefficient (Wildman–Crippen LogP) is 3.45. The van der Waals surface area contributed by atoms with E-state index in [4.69, 9.17) is 4.74 Å². The SMILES string of the molecule is COC(=O)/C=C1/C=CC2(CC1)CCN(C(=O)OC(C)(C)C)CC2. The maximum Gasteiger partial charge on any atom is 0.410 e. The van der Waals surface area contributed by atoms with Gasteiger partial charge in [0.05, 0.1) is 7.11 Å². The molecule has 5 nitrogen and oxygen atoms in total. The molecule has 1 fully saturated rings. The Morgan fingerprint density at radius 2 is 1.87 bits per heavy atom. The van der Waals surface area contributed by atoms with E-state index >= 15 is 0 Å². The van der Waals surface area contributed by atoms with Crippen LogP contribution in [0.3, 0.4) is 0 Å². The van der Waals surface area contributed by atoms with E-state index in [1.165, 1.54) is 7.11 Å². The molecule has 1 spiro atoms. The average molecular weight is 321 g/mol. The van der Waals surface area contributed by atoms with Gasteiger partial charge in [0.1, 0.15) is 5.60 Å². The molecule has 0 saturated carbocycles. The molecule has 128 valence electrons. The lowest BCUT2D eigenvalue weighted by atomic mass is 9.71. The summed E-state index contributed by atoms with van der Waals surface area (Å²) in [5, 5.41) is 0.